The number of aryl methyl sites for hydroxylation is 1. The van der Waals surface area contributed by atoms with Crippen molar-refractivity contribution in [1.29, 1.82) is 0 Å². The number of hydrogen-bond donors (Lipinski definition) is 0. The average molecular weight is 260 g/mol. The van der Waals surface area contributed by atoms with Crippen molar-refractivity contribution in [3.8, 4) is 0 Å². The lowest BCUT2D eigenvalue weighted by Gasteiger charge is -2.18. The van der Waals surface area contributed by atoms with Crippen LogP contribution in [0.2, 0.25) is 0 Å². The van der Waals surface area contributed by atoms with Crippen LogP contribution in [0.4, 0.5) is 0 Å². The molecule has 0 unspecified atom stereocenters. The molecule has 0 N–H and O–H groups in total. The van der Waals surface area contributed by atoms with Crippen molar-refractivity contribution < 1.29 is 0 Å². The molecule has 0 amide bonds. The van der Waals surface area contributed by atoms with Crippen LogP contribution in [0.15, 0.2) is 12.4 Å². The van der Waals surface area contributed by atoms with E-state index in [2.05, 4.69) is 39.0 Å². The van der Waals surface area contributed by atoms with Crippen molar-refractivity contribution in [1.82, 2.24) is 14.7 Å². The largest absolute Gasteiger partial charge is 0.299 e. The molecule has 0 saturated heterocycles. The second-order valence-electron chi connectivity index (χ2n) is 3.43. The maximum absolute atomic E-state index is 4.16. The van der Waals surface area contributed by atoms with Gasteiger partial charge in [0.15, 0.2) is 0 Å². The summed E-state index contributed by atoms with van der Waals surface area (Å²) in [6.07, 6.45) is 5.22. The highest BCUT2D eigenvalue weighted by Crippen LogP contribution is 2.04. The first-order valence-corrected chi connectivity index (χ1v) is 6.14. The molecule has 0 aliphatic rings. The lowest BCUT2D eigenvalue weighted by molar-refractivity contribution is 0.281. The molecule has 1 rings (SSSR count). The topological polar surface area (TPSA) is 21.1 Å². The summed E-state index contributed by atoms with van der Waals surface area (Å²) in [6, 6.07) is 0. The summed E-state index contributed by atoms with van der Waals surface area (Å²) in [4.78, 5) is 2.43. The monoisotopic (exact) mass is 259 g/mol. The van der Waals surface area contributed by atoms with Crippen LogP contribution in [-0.2, 0) is 13.6 Å². The molecule has 0 aromatic carbocycles. The van der Waals surface area contributed by atoms with E-state index >= 15 is 0 Å². The van der Waals surface area contributed by atoms with Crippen molar-refractivity contribution in [3.05, 3.63) is 18.0 Å². The average Bonchev–Trinajstić information content (AvgIpc) is 2.58. The second-order valence-corrected chi connectivity index (χ2v) is 4.23. The van der Waals surface area contributed by atoms with E-state index in [4.69, 9.17) is 0 Å². The van der Waals surface area contributed by atoms with E-state index in [9.17, 15) is 0 Å². The summed E-state index contributed by atoms with van der Waals surface area (Å²) in [5.74, 6) is 0. The molecule has 1 heterocycles. The molecule has 0 atom stereocenters. The number of alkyl halides is 1. The minimum Gasteiger partial charge on any atom is -0.299 e. The van der Waals surface area contributed by atoms with Gasteiger partial charge in [-0.2, -0.15) is 5.10 Å². The third kappa shape index (κ3) is 3.80. The molecule has 0 spiro atoms. The van der Waals surface area contributed by atoms with Gasteiger partial charge in [0.2, 0.25) is 0 Å². The summed E-state index contributed by atoms with van der Waals surface area (Å²) < 4.78 is 1.85. The molecule has 0 radical (unpaired) electrons. The van der Waals surface area contributed by atoms with E-state index in [1.165, 1.54) is 12.0 Å². The van der Waals surface area contributed by atoms with E-state index in [1.807, 2.05) is 17.9 Å². The maximum Gasteiger partial charge on any atom is 0.0534 e. The maximum atomic E-state index is 4.16. The summed E-state index contributed by atoms with van der Waals surface area (Å²) >= 11 is 3.45. The predicted octanol–water partition coefficient (Wildman–Crippen LogP) is 2.03. The van der Waals surface area contributed by atoms with Gasteiger partial charge in [-0.15, -0.1) is 0 Å². The second kappa shape index (κ2) is 6.19. The molecule has 0 bridgehead atoms. The van der Waals surface area contributed by atoms with Gasteiger partial charge in [-0.1, -0.05) is 22.9 Å². The third-order valence-corrected chi connectivity index (χ3v) is 2.78. The molecular weight excluding hydrogens is 242 g/mol. The molecule has 80 valence electrons. The molecule has 0 fully saturated rings. The molecule has 0 aliphatic heterocycles. The van der Waals surface area contributed by atoms with Gasteiger partial charge < -0.3 is 0 Å². The van der Waals surface area contributed by atoms with Crippen molar-refractivity contribution in [2.45, 2.75) is 19.9 Å². The lowest BCUT2D eigenvalue weighted by atomic mass is 10.3. The molecule has 3 nitrogen and oxygen atoms in total. The van der Waals surface area contributed by atoms with Gasteiger partial charge >= 0.3 is 0 Å². The van der Waals surface area contributed by atoms with Crippen LogP contribution in [0.1, 0.15) is 18.9 Å². The number of halogens is 1. The van der Waals surface area contributed by atoms with Gasteiger partial charge in [-0.25, -0.2) is 0 Å². The van der Waals surface area contributed by atoms with Crippen LogP contribution in [0.5, 0.6) is 0 Å². The van der Waals surface area contributed by atoms with Crippen molar-refractivity contribution in [3.63, 3.8) is 0 Å². The number of nitrogens with zero attached hydrogens (tertiary/aromatic N) is 3. The van der Waals surface area contributed by atoms with Crippen LogP contribution in [-0.4, -0.2) is 33.1 Å². The first-order valence-electron chi connectivity index (χ1n) is 5.02. The Morgan fingerprint density at radius 1 is 1.57 bits per heavy atom. The predicted molar refractivity (Wildman–Crippen MR) is 62.6 cm³/mol. The Labute approximate surface area is 94.2 Å². The van der Waals surface area contributed by atoms with Crippen LogP contribution in [0.3, 0.4) is 0 Å². The van der Waals surface area contributed by atoms with Gasteiger partial charge in [-0.3, -0.25) is 9.58 Å². The third-order valence-electron chi connectivity index (χ3n) is 2.22. The standard InChI is InChI=1S/C10H18BrN3/c1-3-14(6-4-5-11)9-10-7-12-13(2)8-10/h7-8H,3-6,9H2,1-2H3. The Bertz CT molecular complexity index is 260. The summed E-state index contributed by atoms with van der Waals surface area (Å²) in [5, 5.41) is 5.24. The van der Waals surface area contributed by atoms with Gasteiger partial charge in [0, 0.05) is 30.7 Å². The molecule has 4 heteroatoms. The summed E-state index contributed by atoms with van der Waals surface area (Å²) in [7, 11) is 1.96. The molecule has 0 aliphatic carbocycles. The minimum atomic E-state index is 1.01. The zero-order valence-corrected chi connectivity index (χ0v) is 10.5. The number of hydrogen-bond acceptors (Lipinski definition) is 2. The highest BCUT2D eigenvalue weighted by molar-refractivity contribution is 9.09. The van der Waals surface area contributed by atoms with Gasteiger partial charge in [0.25, 0.3) is 0 Å². The first kappa shape index (κ1) is 11.7. The Kier molecular flexibility index (Phi) is 5.19. The molecule has 0 saturated carbocycles. The SMILES string of the molecule is CCN(CCCBr)Cc1cnn(C)c1. The zero-order valence-electron chi connectivity index (χ0n) is 8.91. The highest BCUT2D eigenvalue weighted by Gasteiger charge is 2.04. The van der Waals surface area contributed by atoms with Crippen molar-refractivity contribution in [2.24, 2.45) is 7.05 Å². The Morgan fingerprint density at radius 3 is 2.86 bits per heavy atom. The van der Waals surface area contributed by atoms with Crippen LogP contribution in [0.25, 0.3) is 0 Å². The fraction of sp³-hybridized carbons (Fsp3) is 0.700. The van der Waals surface area contributed by atoms with Crippen LogP contribution >= 0.6 is 15.9 Å². The van der Waals surface area contributed by atoms with E-state index in [-0.39, 0.29) is 0 Å². The van der Waals surface area contributed by atoms with Crippen LogP contribution in [0, 0.1) is 0 Å². The van der Waals surface area contributed by atoms with E-state index < -0.39 is 0 Å². The van der Waals surface area contributed by atoms with Crippen molar-refractivity contribution in [2.75, 3.05) is 18.4 Å². The van der Waals surface area contributed by atoms with E-state index in [0.29, 0.717) is 0 Å². The number of aromatic nitrogens is 2. The minimum absolute atomic E-state index is 1.01. The Hall–Kier alpha value is -0.350. The van der Waals surface area contributed by atoms with E-state index in [0.717, 1.165) is 25.0 Å². The van der Waals surface area contributed by atoms with Crippen molar-refractivity contribution >= 4 is 15.9 Å². The molecule has 1 aromatic rings. The normalized spacial score (nSPS) is 11.1. The Morgan fingerprint density at radius 2 is 2.36 bits per heavy atom. The highest BCUT2D eigenvalue weighted by atomic mass is 79.9. The summed E-state index contributed by atoms with van der Waals surface area (Å²) in [6.45, 7) is 5.46. The molecule has 1 aromatic heterocycles. The molecular formula is C10H18BrN3. The lowest BCUT2D eigenvalue weighted by Crippen LogP contribution is -2.24. The quantitative estimate of drug-likeness (QED) is 0.730. The van der Waals surface area contributed by atoms with E-state index in [1.54, 1.807) is 0 Å². The van der Waals surface area contributed by atoms with Crippen LogP contribution < -0.4 is 0 Å². The Balaban J connectivity index is 2.40. The van der Waals surface area contributed by atoms with Gasteiger partial charge in [0.1, 0.15) is 0 Å². The number of rotatable bonds is 6. The summed E-state index contributed by atoms with van der Waals surface area (Å²) in [5.41, 5.74) is 1.30. The zero-order chi connectivity index (χ0) is 10.4. The smallest absolute Gasteiger partial charge is 0.0534 e. The fourth-order valence-electron chi connectivity index (χ4n) is 1.44. The molecule has 14 heavy (non-hydrogen) atoms. The fourth-order valence-corrected chi connectivity index (χ4v) is 1.69. The first-order chi connectivity index (χ1) is 6.76. The van der Waals surface area contributed by atoms with Gasteiger partial charge in [-0.05, 0) is 19.5 Å². The van der Waals surface area contributed by atoms with Gasteiger partial charge in [0.05, 0.1) is 6.20 Å².